The molecule has 11 heteroatoms. The second-order valence-corrected chi connectivity index (χ2v) is 5.29. The van der Waals surface area contributed by atoms with Crippen LogP contribution in [0.5, 0.6) is 0 Å². The number of fused-ring (bicyclic) bond motifs is 1. The van der Waals surface area contributed by atoms with E-state index in [1.165, 1.54) is 6.07 Å². The van der Waals surface area contributed by atoms with Crippen molar-refractivity contribution >= 4 is 22.6 Å². The van der Waals surface area contributed by atoms with Gasteiger partial charge in [-0.3, -0.25) is 0 Å². The lowest BCUT2D eigenvalue weighted by Crippen LogP contribution is -2.28. The molecule has 0 fully saturated rings. The summed E-state index contributed by atoms with van der Waals surface area (Å²) in [4.78, 5) is 31.1. The lowest BCUT2D eigenvalue weighted by molar-refractivity contribution is 0.0522. The molecule has 11 nitrogen and oxygen atoms in total. The molecular formula is C16H17N7O4. The number of rotatable bonds is 9. The van der Waals surface area contributed by atoms with E-state index < -0.39 is 11.6 Å². The summed E-state index contributed by atoms with van der Waals surface area (Å²) in [6.07, 6.45) is 0. The number of carbonyl (C=O) groups excluding carboxylic acids is 1. The van der Waals surface area contributed by atoms with Crippen molar-refractivity contribution in [2.75, 3.05) is 37.7 Å². The number of esters is 1. The Kier molecular flexibility index (Phi) is 7.07. The fraction of sp³-hybridized carbons (Fsp3) is 0.375. The molecule has 27 heavy (non-hydrogen) atoms. The molecule has 0 aliphatic carbocycles. The molecule has 0 N–H and O–H groups in total. The van der Waals surface area contributed by atoms with Crippen LogP contribution in [0, 0.1) is 0 Å². The minimum Gasteiger partial charge on any atom is -0.462 e. The van der Waals surface area contributed by atoms with E-state index in [4.69, 9.17) is 20.2 Å². The number of ether oxygens (including phenoxy) is 1. The topological polar surface area (TPSA) is 157 Å². The number of nitrogens with zero attached hydrogens (tertiary/aromatic N) is 7. The van der Waals surface area contributed by atoms with E-state index in [-0.39, 0.29) is 25.3 Å². The smallest absolute Gasteiger partial charge is 0.351 e. The van der Waals surface area contributed by atoms with Crippen LogP contribution >= 0.6 is 0 Å². The van der Waals surface area contributed by atoms with E-state index in [1.807, 2.05) is 4.90 Å². The Balaban J connectivity index is 2.37. The first kappa shape index (κ1) is 19.6. The summed E-state index contributed by atoms with van der Waals surface area (Å²) in [5.41, 5.74) is 16.9. The lowest BCUT2D eigenvalue weighted by Gasteiger charge is -2.23. The predicted octanol–water partition coefficient (Wildman–Crippen LogP) is 3.40. The van der Waals surface area contributed by atoms with Crippen molar-refractivity contribution in [3.8, 4) is 0 Å². The first-order chi connectivity index (χ1) is 13.1. The van der Waals surface area contributed by atoms with Crippen LogP contribution in [0.3, 0.4) is 0 Å². The maximum Gasteiger partial charge on any atom is 0.351 e. The quantitative estimate of drug-likeness (QED) is 0.217. The molecule has 0 atom stereocenters. The number of anilines is 1. The third-order valence-corrected chi connectivity index (χ3v) is 3.65. The van der Waals surface area contributed by atoms with Crippen LogP contribution in [-0.2, 0) is 4.74 Å². The third kappa shape index (κ3) is 5.15. The maximum absolute atomic E-state index is 12.1. The van der Waals surface area contributed by atoms with Crippen LogP contribution < -0.4 is 10.5 Å². The summed E-state index contributed by atoms with van der Waals surface area (Å²) in [5, 5.41) is 7.56. The molecule has 1 aromatic heterocycles. The van der Waals surface area contributed by atoms with Gasteiger partial charge in [0.05, 0.1) is 6.61 Å². The minimum atomic E-state index is -0.784. The third-order valence-electron chi connectivity index (χ3n) is 3.65. The van der Waals surface area contributed by atoms with Gasteiger partial charge in [-0.25, -0.2) is 9.59 Å². The highest BCUT2D eigenvalue weighted by atomic mass is 16.5. The predicted molar refractivity (Wildman–Crippen MR) is 98.7 cm³/mol. The average molecular weight is 371 g/mol. The van der Waals surface area contributed by atoms with Crippen LogP contribution in [0.25, 0.3) is 31.9 Å². The van der Waals surface area contributed by atoms with Gasteiger partial charge in [0.2, 0.25) is 0 Å². The molecule has 0 radical (unpaired) electrons. The van der Waals surface area contributed by atoms with Crippen LogP contribution in [0.2, 0.25) is 0 Å². The van der Waals surface area contributed by atoms with Crippen molar-refractivity contribution in [2.24, 2.45) is 10.2 Å². The zero-order valence-electron chi connectivity index (χ0n) is 14.6. The summed E-state index contributed by atoms with van der Waals surface area (Å²) < 4.78 is 10.1. The minimum absolute atomic E-state index is 0.153. The van der Waals surface area contributed by atoms with E-state index in [9.17, 15) is 9.59 Å². The summed E-state index contributed by atoms with van der Waals surface area (Å²) in [6.45, 7) is 3.02. The number of benzene rings is 1. The second kappa shape index (κ2) is 9.71. The van der Waals surface area contributed by atoms with Gasteiger partial charge in [0.1, 0.15) is 11.1 Å². The lowest BCUT2D eigenvalue weighted by atomic mass is 10.1. The van der Waals surface area contributed by atoms with E-state index in [0.29, 0.717) is 29.7 Å². The summed E-state index contributed by atoms with van der Waals surface area (Å²) in [6, 6.07) is 6.53. The van der Waals surface area contributed by atoms with Gasteiger partial charge in [-0.1, -0.05) is 10.2 Å². The molecular weight excluding hydrogens is 354 g/mol. The van der Waals surface area contributed by atoms with Gasteiger partial charge in [0.25, 0.3) is 0 Å². The van der Waals surface area contributed by atoms with Gasteiger partial charge < -0.3 is 14.1 Å². The van der Waals surface area contributed by atoms with Crippen molar-refractivity contribution in [1.82, 2.24) is 0 Å². The Morgan fingerprint density at radius 3 is 2.44 bits per heavy atom. The summed E-state index contributed by atoms with van der Waals surface area (Å²) >= 11 is 0. The zero-order valence-corrected chi connectivity index (χ0v) is 14.6. The molecule has 0 saturated heterocycles. The summed E-state index contributed by atoms with van der Waals surface area (Å²) in [5.74, 6) is -0.734. The molecule has 1 aromatic carbocycles. The first-order valence-corrected chi connectivity index (χ1v) is 8.12. The monoisotopic (exact) mass is 371 g/mol. The normalized spacial score (nSPS) is 9.96. The fourth-order valence-corrected chi connectivity index (χ4v) is 2.44. The molecule has 2 aromatic rings. The Bertz CT molecular complexity index is 952. The van der Waals surface area contributed by atoms with Gasteiger partial charge in [-0.05, 0) is 36.2 Å². The highest BCUT2D eigenvalue weighted by molar-refractivity contribution is 5.93. The molecule has 140 valence electrons. The van der Waals surface area contributed by atoms with E-state index >= 15 is 0 Å². The maximum atomic E-state index is 12.1. The molecule has 0 saturated carbocycles. The van der Waals surface area contributed by atoms with Gasteiger partial charge in [0, 0.05) is 53.1 Å². The highest BCUT2D eigenvalue weighted by Crippen LogP contribution is 2.22. The van der Waals surface area contributed by atoms with Crippen LogP contribution in [-0.4, -0.2) is 38.8 Å². The second-order valence-electron chi connectivity index (χ2n) is 5.29. The largest absolute Gasteiger partial charge is 0.462 e. The van der Waals surface area contributed by atoms with Crippen molar-refractivity contribution in [1.29, 1.82) is 0 Å². The van der Waals surface area contributed by atoms with Crippen molar-refractivity contribution in [2.45, 2.75) is 6.92 Å². The Morgan fingerprint density at radius 1 is 1.19 bits per heavy atom. The number of azide groups is 2. The highest BCUT2D eigenvalue weighted by Gasteiger charge is 2.15. The average Bonchev–Trinajstić information content (AvgIpc) is 2.66. The first-order valence-electron chi connectivity index (χ1n) is 8.12. The Labute approximate surface area is 153 Å². The van der Waals surface area contributed by atoms with E-state index in [1.54, 1.807) is 25.1 Å². The molecule has 0 amide bonds. The Hall–Kier alpha value is -3.68. The molecule has 0 aliphatic rings. The molecule has 1 heterocycles. The van der Waals surface area contributed by atoms with Crippen molar-refractivity contribution in [3.63, 3.8) is 0 Å². The van der Waals surface area contributed by atoms with Gasteiger partial charge in [-0.15, -0.1) is 0 Å². The van der Waals surface area contributed by atoms with E-state index in [0.717, 1.165) is 0 Å². The molecule has 0 bridgehead atoms. The number of hydrogen-bond donors (Lipinski definition) is 0. The fourth-order valence-electron chi connectivity index (χ4n) is 2.44. The van der Waals surface area contributed by atoms with Crippen LogP contribution in [0.4, 0.5) is 5.69 Å². The standard InChI is InChI=1S/C16H17N7O4/c1-2-26-15(24)13-9-11-3-4-12(10-14(11)27-16(13)25)23(7-5-19-21-17)8-6-20-22-18/h3-4,9-10H,2,5-8H2,1H3. The molecule has 0 unspecified atom stereocenters. The van der Waals surface area contributed by atoms with Gasteiger partial charge in [-0.2, -0.15) is 0 Å². The number of hydrogen-bond acceptors (Lipinski definition) is 7. The summed E-state index contributed by atoms with van der Waals surface area (Å²) in [7, 11) is 0. The number of carbonyl (C=O) groups is 1. The molecule has 0 spiro atoms. The SMILES string of the molecule is CCOC(=O)c1cc2ccc(N(CCN=[N+]=[N-])CCN=[N+]=[N-])cc2oc1=O. The molecule has 0 aliphatic heterocycles. The van der Waals surface area contributed by atoms with Crippen molar-refractivity contribution < 1.29 is 13.9 Å². The van der Waals surface area contributed by atoms with Crippen LogP contribution in [0.1, 0.15) is 17.3 Å². The van der Waals surface area contributed by atoms with Crippen molar-refractivity contribution in [3.05, 3.63) is 61.1 Å². The Morgan fingerprint density at radius 2 is 1.85 bits per heavy atom. The van der Waals surface area contributed by atoms with Crippen LogP contribution in [0.15, 0.2) is 43.7 Å². The van der Waals surface area contributed by atoms with E-state index in [2.05, 4.69) is 20.1 Å². The molecule has 2 rings (SSSR count). The van der Waals surface area contributed by atoms with Gasteiger partial charge in [0.15, 0.2) is 0 Å². The van der Waals surface area contributed by atoms with Gasteiger partial charge >= 0.3 is 11.6 Å². The zero-order chi connectivity index (χ0) is 19.6.